The summed E-state index contributed by atoms with van der Waals surface area (Å²) in [5.41, 5.74) is 2.99. The van der Waals surface area contributed by atoms with Gasteiger partial charge in [0.15, 0.2) is 0 Å². The fourth-order valence-corrected chi connectivity index (χ4v) is 3.80. The van der Waals surface area contributed by atoms with Gasteiger partial charge in [0.25, 0.3) is 0 Å². The molecule has 3 nitrogen and oxygen atoms in total. The van der Waals surface area contributed by atoms with Crippen LogP contribution in [-0.2, 0) is 11.2 Å². The summed E-state index contributed by atoms with van der Waals surface area (Å²) in [5, 5.41) is 3.78. The largest absolute Gasteiger partial charge is 0.373 e. The van der Waals surface area contributed by atoms with E-state index in [2.05, 4.69) is 55.3 Å². The van der Waals surface area contributed by atoms with Crippen molar-refractivity contribution >= 4 is 0 Å². The second-order valence-electron chi connectivity index (χ2n) is 6.98. The lowest BCUT2D eigenvalue weighted by Crippen LogP contribution is -2.54. The van der Waals surface area contributed by atoms with E-state index in [1.54, 1.807) is 0 Å². The van der Waals surface area contributed by atoms with E-state index in [1.165, 1.54) is 17.5 Å². The van der Waals surface area contributed by atoms with Crippen molar-refractivity contribution in [3.05, 3.63) is 35.4 Å². The predicted molar refractivity (Wildman–Crippen MR) is 86.6 cm³/mol. The van der Waals surface area contributed by atoms with Gasteiger partial charge in [-0.2, -0.15) is 0 Å². The van der Waals surface area contributed by atoms with E-state index in [9.17, 15) is 0 Å². The maximum absolute atomic E-state index is 5.89. The molecule has 3 rings (SSSR count). The first-order chi connectivity index (χ1) is 10.1. The number of rotatable bonds is 4. The smallest absolute Gasteiger partial charge is 0.0753 e. The van der Waals surface area contributed by atoms with Crippen LogP contribution < -0.4 is 5.32 Å². The number of hydrogen-bond donors (Lipinski definition) is 1. The highest BCUT2D eigenvalue weighted by molar-refractivity contribution is 5.37. The van der Waals surface area contributed by atoms with Gasteiger partial charge in [0.2, 0.25) is 0 Å². The molecule has 1 fully saturated rings. The molecule has 1 aromatic carbocycles. The molecule has 1 aliphatic carbocycles. The first-order valence-corrected chi connectivity index (χ1v) is 8.30. The van der Waals surface area contributed by atoms with Gasteiger partial charge in [-0.3, -0.25) is 4.90 Å². The normalized spacial score (nSPS) is 28.5. The van der Waals surface area contributed by atoms with Crippen LogP contribution in [0.15, 0.2) is 24.3 Å². The van der Waals surface area contributed by atoms with Gasteiger partial charge >= 0.3 is 0 Å². The molecule has 116 valence electrons. The molecule has 3 heteroatoms. The third kappa shape index (κ3) is 3.15. The van der Waals surface area contributed by atoms with E-state index in [4.69, 9.17) is 4.74 Å². The van der Waals surface area contributed by atoms with Crippen molar-refractivity contribution in [2.24, 2.45) is 0 Å². The zero-order valence-corrected chi connectivity index (χ0v) is 13.6. The maximum Gasteiger partial charge on any atom is 0.0753 e. The van der Waals surface area contributed by atoms with E-state index in [0.29, 0.717) is 12.1 Å². The van der Waals surface area contributed by atoms with Crippen molar-refractivity contribution in [3.63, 3.8) is 0 Å². The van der Waals surface area contributed by atoms with Crippen molar-refractivity contribution in [1.29, 1.82) is 0 Å². The molecular formula is C18H28N2O. The van der Waals surface area contributed by atoms with Gasteiger partial charge in [-0.25, -0.2) is 0 Å². The van der Waals surface area contributed by atoms with Crippen LogP contribution in [0.5, 0.6) is 0 Å². The van der Waals surface area contributed by atoms with Gasteiger partial charge in [0, 0.05) is 25.2 Å². The molecule has 0 amide bonds. The van der Waals surface area contributed by atoms with Crippen LogP contribution >= 0.6 is 0 Å². The number of nitrogens with zero attached hydrogens (tertiary/aromatic N) is 1. The lowest BCUT2D eigenvalue weighted by atomic mass is 10.0. The van der Waals surface area contributed by atoms with E-state index in [0.717, 1.165) is 32.7 Å². The molecule has 0 aromatic heterocycles. The Morgan fingerprint density at radius 2 is 2.14 bits per heavy atom. The molecular weight excluding hydrogens is 260 g/mol. The van der Waals surface area contributed by atoms with Crippen molar-refractivity contribution < 1.29 is 4.74 Å². The number of ether oxygens (including phenoxy) is 1. The van der Waals surface area contributed by atoms with Crippen LogP contribution in [0.2, 0.25) is 0 Å². The lowest BCUT2D eigenvalue weighted by Gasteiger charge is -2.43. The Kier molecular flexibility index (Phi) is 4.34. The molecule has 1 aliphatic heterocycles. The van der Waals surface area contributed by atoms with Crippen LogP contribution in [0, 0.1) is 0 Å². The molecule has 2 atom stereocenters. The fourth-order valence-electron chi connectivity index (χ4n) is 3.80. The molecule has 1 aromatic rings. The molecule has 21 heavy (non-hydrogen) atoms. The highest BCUT2D eigenvalue weighted by Gasteiger charge is 2.39. The molecule has 0 bridgehead atoms. The minimum Gasteiger partial charge on any atom is -0.373 e. The van der Waals surface area contributed by atoms with Crippen molar-refractivity contribution in [2.75, 3.05) is 26.2 Å². The van der Waals surface area contributed by atoms with Gasteiger partial charge < -0.3 is 10.1 Å². The second kappa shape index (κ2) is 6.07. The Bertz CT molecular complexity index is 486. The van der Waals surface area contributed by atoms with Crippen molar-refractivity contribution in [1.82, 2.24) is 10.2 Å². The summed E-state index contributed by atoms with van der Waals surface area (Å²) in [6.45, 7) is 10.7. The van der Waals surface area contributed by atoms with Crippen LogP contribution in [0.4, 0.5) is 0 Å². The van der Waals surface area contributed by atoms with Crippen LogP contribution in [0.1, 0.15) is 44.4 Å². The number of nitrogens with one attached hydrogen (secondary N) is 1. The summed E-state index contributed by atoms with van der Waals surface area (Å²) in [6.07, 6.45) is 2.34. The van der Waals surface area contributed by atoms with E-state index in [1.807, 2.05) is 0 Å². The number of hydrogen-bond acceptors (Lipinski definition) is 3. The standard InChI is InChI=1S/C18H28N2O/c1-4-9-19-17-15-8-6-5-7-14(15)12-16(17)20-10-11-21-18(2,3)13-20/h5-8,16-17,19H,4,9-13H2,1-3H3. The molecule has 0 radical (unpaired) electrons. The Labute approximate surface area is 128 Å². The number of benzene rings is 1. The van der Waals surface area contributed by atoms with Gasteiger partial charge in [-0.1, -0.05) is 31.2 Å². The third-order valence-corrected chi connectivity index (χ3v) is 4.74. The molecule has 1 saturated heterocycles. The predicted octanol–water partition coefficient (Wildman–Crippen LogP) is 2.76. The van der Waals surface area contributed by atoms with E-state index >= 15 is 0 Å². The van der Waals surface area contributed by atoms with E-state index < -0.39 is 0 Å². The van der Waals surface area contributed by atoms with Gasteiger partial charge in [-0.15, -0.1) is 0 Å². The first-order valence-electron chi connectivity index (χ1n) is 8.30. The zero-order chi connectivity index (χ0) is 14.9. The van der Waals surface area contributed by atoms with Gasteiger partial charge in [0.1, 0.15) is 0 Å². The number of fused-ring (bicyclic) bond motifs is 1. The first kappa shape index (κ1) is 15.0. The summed E-state index contributed by atoms with van der Waals surface area (Å²) < 4.78 is 5.89. The molecule has 2 unspecified atom stereocenters. The van der Waals surface area contributed by atoms with Crippen molar-refractivity contribution in [3.8, 4) is 0 Å². The van der Waals surface area contributed by atoms with Gasteiger partial charge in [-0.05, 0) is 44.4 Å². The topological polar surface area (TPSA) is 24.5 Å². The van der Waals surface area contributed by atoms with Crippen LogP contribution in [0.25, 0.3) is 0 Å². The summed E-state index contributed by atoms with van der Waals surface area (Å²) >= 11 is 0. The fraction of sp³-hybridized carbons (Fsp3) is 0.667. The van der Waals surface area contributed by atoms with E-state index in [-0.39, 0.29) is 5.60 Å². The highest BCUT2D eigenvalue weighted by atomic mass is 16.5. The minimum atomic E-state index is -0.0255. The molecule has 1 heterocycles. The summed E-state index contributed by atoms with van der Waals surface area (Å²) in [5.74, 6) is 0. The van der Waals surface area contributed by atoms with Crippen LogP contribution in [0.3, 0.4) is 0 Å². The SMILES string of the molecule is CCCNC1c2ccccc2CC1N1CCOC(C)(C)C1. The Morgan fingerprint density at radius 1 is 1.33 bits per heavy atom. The average molecular weight is 288 g/mol. The second-order valence-corrected chi connectivity index (χ2v) is 6.98. The molecule has 2 aliphatic rings. The Balaban J connectivity index is 1.81. The Hall–Kier alpha value is -0.900. The highest BCUT2D eigenvalue weighted by Crippen LogP contribution is 2.36. The zero-order valence-electron chi connectivity index (χ0n) is 13.6. The maximum atomic E-state index is 5.89. The molecule has 0 saturated carbocycles. The summed E-state index contributed by atoms with van der Waals surface area (Å²) in [6, 6.07) is 9.97. The van der Waals surface area contributed by atoms with Crippen LogP contribution in [-0.4, -0.2) is 42.8 Å². The number of morpholine rings is 1. The monoisotopic (exact) mass is 288 g/mol. The minimum absolute atomic E-state index is 0.0255. The Morgan fingerprint density at radius 3 is 2.90 bits per heavy atom. The molecule has 0 spiro atoms. The van der Waals surface area contributed by atoms with Crippen molar-refractivity contribution in [2.45, 2.75) is 51.3 Å². The quantitative estimate of drug-likeness (QED) is 0.922. The van der Waals surface area contributed by atoms with Gasteiger partial charge in [0.05, 0.1) is 12.2 Å². The third-order valence-electron chi connectivity index (χ3n) is 4.74. The average Bonchev–Trinajstić information content (AvgIpc) is 2.83. The summed E-state index contributed by atoms with van der Waals surface area (Å²) in [7, 11) is 0. The molecule has 1 N–H and O–H groups in total. The lowest BCUT2D eigenvalue weighted by molar-refractivity contribution is -0.0993. The summed E-state index contributed by atoms with van der Waals surface area (Å²) in [4.78, 5) is 2.64.